The Labute approximate surface area is 203 Å². The quantitative estimate of drug-likeness (QED) is 0.473. The minimum atomic E-state index is -1.00. The molecule has 2 amide bonds. The summed E-state index contributed by atoms with van der Waals surface area (Å²) in [5, 5.41) is 6.09. The molecule has 0 heterocycles. The molecule has 0 bridgehead atoms. The van der Waals surface area contributed by atoms with Gasteiger partial charge in [-0.2, -0.15) is 0 Å². The minimum Gasteiger partial charge on any atom is -0.467 e. The zero-order valence-electron chi connectivity index (χ0n) is 18.8. The Bertz CT molecular complexity index is 953. The van der Waals surface area contributed by atoms with Crippen LogP contribution in [-0.2, 0) is 32.1 Å². The van der Waals surface area contributed by atoms with Crippen LogP contribution in [-0.4, -0.2) is 37.2 Å². The molecule has 2 aromatic rings. The SMILES string of the molecule is COC(=O)[C@H](Cc1ccc(Cl)cc1Cl)NC(=O)[C@H](CC(C)C)NC(=O)OCc1ccccc1. The zero-order valence-corrected chi connectivity index (χ0v) is 20.3. The lowest BCUT2D eigenvalue weighted by molar-refractivity contribution is -0.145. The molecule has 0 saturated carbocycles. The van der Waals surface area contributed by atoms with Crippen molar-refractivity contribution in [3.63, 3.8) is 0 Å². The molecule has 0 fully saturated rings. The molecule has 2 rings (SSSR count). The number of hydrogen-bond donors (Lipinski definition) is 2. The normalized spacial score (nSPS) is 12.5. The van der Waals surface area contributed by atoms with Crippen LogP contribution in [0.5, 0.6) is 0 Å². The van der Waals surface area contributed by atoms with Gasteiger partial charge in [0, 0.05) is 16.5 Å². The van der Waals surface area contributed by atoms with Crippen LogP contribution in [0, 0.1) is 5.92 Å². The van der Waals surface area contributed by atoms with Crippen molar-refractivity contribution in [1.82, 2.24) is 10.6 Å². The lowest BCUT2D eigenvalue weighted by Crippen LogP contribution is -2.53. The number of nitrogens with one attached hydrogen (secondary N) is 2. The summed E-state index contributed by atoms with van der Waals surface area (Å²) >= 11 is 12.2. The molecule has 0 aliphatic carbocycles. The van der Waals surface area contributed by atoms with E-state index in [1.807, 2.05) is 44.2 Å². The second kappa shape index (κ2) is 13.1. The first kappa shape index (κ1) is 26.5. The van der Waals surface area contributed by atoms with Crippen LogP contribution in [0.15, 0.2) is 48.5 Å². The maximum atomic E-state index is 13.0. The highest BCUT2D eigenvalue weighted by Gasteiger charge is 2.29. The Hall–Kier alpha value is -2.77. The molecule has 0 aliphatic heterocycles. The van der Waals surface area contributed by atoms with Gasteiger partial charge in [-0.3, -0.25) is 4.79 Å². The predicted octanol–water partition coefficient (Wildman–Crippen LogP) is 4.53. The summed E-state index contributed by atoms with van der Waals surface area (Å²) in [6.07, 6.45) is -0.279. The number of benzene rings is 2. The third-order valence-corrected chi connectivity index (χ3v) is 5.36. The smallest absolute Gasteiger partial charge is 0.408 e. The van der Waals surface area contributed by atoms with E-state index in [0.717, 1.165) is 5.56 Å². The van der Waals surface area contributed by atoms with Crippen molar-refractivity contribution in [1.29, 1.82) is 0 Å². The fourth-order valence-corrected chi connectivity index (χ4v) is 3.61. The molecule has 7 nitrogen and oxygen atoms in total. The first-order valence-electron chi connectivity index (χ1n) is 10.5. The van der Waals surface area contributed by atoms with E-state index in [9.17, 15) is 14.4 Å². The maximum Gasteiger partial charge on any atom is 0.408 e. The van der Waals surface area contributed by atoms with Crippen molar-refractivity contribution in [2.45, 2.75) is 45.4 Å². The molecule has 0 saturated heterocycles. The van der Waals surface area contributed by atoms with E-state index >= 15 is 0 Å². The van der Waals surface area contributed by atoms with Gasteiger partial charge < -0.3 is 20.1 Å². The largest absolute Gasteiger partial charge is 0.467 e. The molecule has 0 unspecified atom stereocenters. The number of carbonyl (C=O) groups is 3. The van der Waals surface area contributed by atoms with Gasteiger partial charge >= 0.3 is 12.1 Å². The summed E-state index contributed by atoms with van der Waals surface area (Å²) < 4.78 is 10.1. The monoisotopic (exact) mass is 494 g/mol. The van der Waals surface area contributed by atoms with Crippen LogP contribution in [0.4, 0.5) is 4.79 Å². The van der Waals surface area contributed by atoms with E-state index in [-0.39, 0.29) is 18.9 Å². The molecule has 2 atom stereocenters. The molecule has 178 valence electrons. The van der Waals surface area contributed by atoms with Gasteiger partial charge in [-0.15, -0.1) is 0 Å². The fourth-order valence-electron chi connectivity index (χ4n) is 3.12. The zero-order chi connectivity index (χ0) is 24.4. The summed E-state index contributed by atoms with van der Waals surface area (Å²) in [7, 11) is 1.23. The molecular weight excluding hydrogens is 467 g/mol. The number of rotatable bonds is 10. The second-order valence-corrected chi connectivity index (χ2v) is 8.76. The van der Waals surface area contributed by atoms with Crippen molar-refractivity contribution in [3.8, 4) is 0 Å². The van der Waals surface area contributed by atoms with Crippen LogP contribution < -0.4 is 10.6 Å². The van der Waals surface area contributed by atoms with Crippen LogP contribution in [0.1, 0.15) is 31.4 Å². The van der Waals surface area contributed by atoms with Crippen molar-refractivity contribution < 1.29 is 23.9 Å². The molecule has 2 aromatic carbocycles. The van der Waals surface area contributed by atoms with Crippen LogP contribution in [0.25, 0.3) is 0 Å². The van der Waals surface area contributed by atoms with Gasteiger partial charge in [0.2, 0.25) is 5.91 Å². The van der Waals surface area contributed by atoms with Gasteiger partial charge in [0.05, 0.1) is 7.11 Å². The highest BCUT2D eigenvalue weighted by Crippen LogP contribution is 2.22. The van der Waals surface area contributed by atoms with E-state index in [4.69, 9.17) is 32.7 Å². The van der Waals surface area contributed by atoms with E-state index in [2.05, 4.69) is 10.6 Å². The first-order chi connectivity index (χ1) is 15.7. The van der Waals surface area contributed by atoms with Crippen molar-refractivity contribution in [2.75, 3.05) is 7.11 Å². The number of hydrogen-bond acceptors (Lipinski definition) is 5. The van der Waals surface area contributed by atoms with Gasteiger partial charge in [0.25, 0.3) is 0 Å². The van der Waals surface area contributed by atoms with Gasteiger partial charge in [0.15, 0.2) is 0 Å². The third-order valence-electron chi connectivity index (χ3n) is 4.77. The highest BCUT2D eigenvalue weighted by atomic mass is 35.5. The fraction of sp³-hybridized carbons (Fsp3) is 0.375. The lowest BCUT2D eigenvalue weighted by atomic mass is 10.0. The predicted molar refractivity (Wildman–Crippen MR) is 127 cm³/mol. The molecule has 0 aromatic heterocycles. The van der Waals surface area contributed by atoms with Gasteiger partial charge in [-0.25, -0.2) is 9.59 Å². The van der Waals surface area contributed by atoms with Gasteiger partial charge in [-0.05, 0) is 35.6 Å². The Morgan fingerprint density at radius 2 is 1.67 bits per heavy atom. The van der Waals surface area contributed by atoms with Gasteiger partial charge in [-0.1, -0.05) is 73.4 Å². The molecular formula is C24H28Cl2N2O5. The highest BCUT2D eigenvalue weighted by molar-refractivity contribution is 6.35. The molecule has 2 N–H and O–H groups in total. The van der Waals surface area contributed by atoms with Crippen molar-refractivity contribution >= 4 is 41.2 Å². The number of carbonyl (C=O) groups excluding carboxylic acids is 3. The van der Waals surface area contributed by atoms with Crippen molar-refractivity contribution in [2.24, 2.45) is 5.92 Å². The van der Waals surface area contributed by atoms with Crippen LogP contribution >= 0.6 is 23.2 Å². The maximum absolute atomic E-state index is 13.0. The molecule has 33 heavy (non-hydrogen) atoms. The Morgan fingerprint density at radius 1 is 0.970 bits per heavy atom. The molecule has 0 radical (unpaired) electrons. The number of methoxy groups -OCH3 is 1. The van der Waals surface area contributed by atoms with E-state index in [1.165, 1.54) is 7.11 Å². The third kappa shape index (κ3) is 8.94. The van der Waals surface area contributed by atoms with Crippen LogP contribution in [0.2, 0.25) is 10.0 Å². The first-order valence-corrected chi connectivity index (χ1v) is 11.2. The van der Waals surface area contributed by atoms with E-state index < -0.39 is 30.1 Å². The number of esters is 1. The standard InChI is InChI=1S/C24H28Cl2N2O5/c1-15(2)11-20(28-24(31)33-14-16-7-5-4-6-8-16)22(29)27-21(23(30)32-3)12-17-9-10-18(25)13-19(17)26/h4-10,13,15,20-21H,11-12,14H2,1-3H3,(H,27,29)(H,28,31)/t20-,21-/m0/s1. The van der Waals surface area contributed by atoms with E-state index in [1.54, 1.807) is 18.2 Å². The average Bonchev–Trinajstić information content (AvgIpc) is 2.78. The topological polar surface area (TPSA) is 93.7 Å². The summed E-state index contributed by atoms with van der Waals surface area (Å²) in [5.74, 6) is -1.07. The number of amides is 2. The molecule has 9 heteroatoms. The van der Waals surface area contributed by atoms with E-state index in [0.29, 0.717) is 22.0 Å². The second-order valence-electron chi connectivity index (χ2n) is 7.91. The number of alkyl carbamates (subject to hydrolysis) is 1. The summed E-state index contributed by atoms with van der Waals surface area (Å²) in [6.45, 7) is 3.91. The summed E-state index contributed by atoms with van der Waals surface area (Å²) in [5.41, 5.74) is 1.44. The van der Waals surface area contributed by atoms with Crippen LogP contribution in [0.3, 0.4) is 0 Å². The average molecular weight is 495 g/mol. The summed E-state index contributed by atoms with van der Waals surface area (Å²) in [6, 6.07) is 12.2. The van der Waals surface area contributed by atoms with Crippen molar-refractivity contribution in [3.05, 3.63) is 69.7 Å². The molecule has 0 spiro atoms. The number of ether oxygens (including phenoxy) is 2. The minimum absolute atomic E-state index is 0.0720. The molecule has 0 aliphatic rings. The van der Waals surface area contributed by atoms with Gasteiger partial charge in [0.1, 0.15) is 18.7 Å². The number of halogens is 2. The summed E-state index contributed by atoms with van der Waals surface area (Å²) in [4.78, 5) is 37.7. The Morgan fingerprint density at radius 3 is 2.27 bits per heavy atom. The lowest BCUT2D eigenvalue weighted by Gasteiger charge is -2.23. The Kier molecular flexibility index (Phi) is 10.5. The Balaban J connectivity index is 2.07.